The Hall–Kier alpha value is -2.07. The molecule has 2 aromatic rings. The van der Waals surface area contributed by atoms with E-state index < -0.39 is 5.97 Å². The van der Waals surface area contributed by atoms with E-state index in [1.54, 1.807) is 12.3 Å². The third-order valence-electron chi connectivity index (χ3n) is 3.35. The summed E-state index contributed by atoms with van der Waals surface area (Å²) in [6.07, 6.45) is 1.70. The number of aryl methyl sites for hydroxylation is 1. The van der Waals surface area contributed by atoms with Crippen molar-refractivity contribution in [2.45, 2.75) is 13.8 Å². The normalized spacial score (nSPS) is 11.2. The minimum atomic E-state index is -0.996. The van der Waals surface area contributed by atoms with Crippen molar-refractivity contribution in [3.63, 3.8) is 0 Å². The zero-order valence-corrected chi connectivity index (χ0v) is 12.3. The SMILES string of the molecule is Cc1cc(C=Nc2cc(C(=O)O)ccc2Cl)c(C)n1C. The molecule has 1 aromatic heterocycles. The van der Waals surface area contributed by atoms with Crippen molar-refractivity contribution in [3.05, 3.63) is 51.8 Å². The lowest BCUT2D eigenvalue weighted by molar-refractivity contribution is 0.0697. The highest BCUT2D eigenvalue weighted by atomic mass is 35.5. The zero-order chi connectivity index (χ0) is 14.9. The lowest BCUT2D eigenvalue weighted by Gasteiger charge is -2.01. The van der Waals surface area contributed by atoms with Crippen LogP contribution in [0.3, 0.4) is 0 Å². The summed E-state index contributed by atoms with van der Waals surface area (Å²) in [5, 5.41) is 9.40. The van der Waals surface area contributed by atoms with Crippen LogP contribution in [0.1, 0.15) is 27.3 Å². The van der Waals surface area contributed by atoms with Crippen LogP contribution in [-0.2, 0) is 7.05 Å². The smallest absolute Gasteiger partial charge is 0.335 e. The third-order valence-corrected chi connectivity index (χ3v) is 3.67. The topological polar surface area (TPSA) is 54.6 Å². The van der Waals surface area contributed by atoms with Gasteiger partial charge >= 0.3 is 5.97 Å². The van der Waals surface area contributed by atoms with Gasteiger partial charge in [0, 0.05) is 30.2 Å². The maximum absolute atomic E-state index is 10.9. The minimum absolute atomic E-state index is 0.169. The molecule has 1 heterocycles. The average Bonchev–Trinajstić information content (AvgIpc) is 2.65. The van der Waals surface area contributed by atoms with E-state index in [9.17, 15) is 4.79 Å². The van der Waals surface area contributed by atoms with Crippen molar-refractivity contribution in [1.82, 2.24) is 4.57 Å². The number of aromatic carboxylic acids is 1. The molecule has 4 nitrogen and oxygen atoms in total. The quantitative estimate of drug-likeness (QED) is 0.875. The Morgan fingerprint density at radius 3 is 2.60 bits per heavy atom. The number of carboxylic acid groups (broad SMARTS) is 1. The van der Waals surface area contributed by atoms with Gasteiger partial charge in [-0.2, -0.15) is 0 Å². The predicted octanol–water partition coefficient (Wildman–Crippen LogP) is 3.74. The van der Waals surface area contributed by atoms with Gasteiger partial charge in [0.15, 0.2) is 0 Å². The lowest BCUT2D eigenvalue weighted by Crippen LogP contribution is -1.95. The number of hydrogen-bond donors (Lipinski definition) is 1. The second kappa shape index (κ2) is 5.51. The van der Waals surface area contributed by atoms with Gasteiger partial charge in [-0.15, -0.1) is 0 Å². The molecule has 1 N–H and O–H groups in total. The van der Waals surface area contributed by atoms with Gasteiger partial charge in [0.05, 0.1) is 16.3 Å². The van der Waals surface area contributed by atoms with E-state index in [1.165, 1.54) is 12.1 Å². The first kappa shape index (κ1) is 14.3. The van der Waals surface area contributed by atoms with Gasteiger partial charge in [-0.05, 0) is 38.1 Å². The molecule has 0 unspecified atom stereocenters. The van der Waals surface area contributed by atoms with Gasteiger partial charge < -0.3 is 9.67 Å². The number of nitrogens with zero attached hydrogens (tertiary/aromatic N) is 2. The van der Waals surface area contributed by atoms with Gasteiger partial charge in [0.25, 0.3) is 0 Å². The first-order valence-corrected chi connectivity index (χ1v) is 6.47. The highest BCUT2D eigenvalue weighted by Gasteiger charge is 2.07. The number of hydrogen-bond acceptors (Lipinski definition) is 2. The average molecular weight is 291 g/mol. The Kier molecular flexibility index (Phi) is 3.95. The number of aliphatic imine (C=N–C) groups is 1. The monoisotopic (exact) mass is 290 g/mol. The van der Waals surface area contributed by atoms with Gasteiger partial charge in [-0.25, -0.2) is 4.79 Å². The molecule has 1 aromatic carbocycles. The molecule has 0 fully saturated rings. The van der Waals surface area contributed by atoms with E-state index in [2.05, 4.69) is 9.56 Å². The van der Waals surface area contributed by atoms with E-state index >= 15 is 0 Å². The molecular weight excluding hydrogens is 276 g/mol. The molecule has 0 saturated heterocycles. The molecule has 2 rings (SSSR count). The molecule has 0 aliphatic rings. The summed E-state index contributed by atoms with van der Waals surface area (Å²) < 4.78 is 2.07. The number of rotatable bonds is 3. The maximum atomic E-state index is 10.9. The first-order chi connectivity index (χ1) is 9.40. The van der Waals surface area contributed by atoms with Crippen LogP contribution in [-0.4, -0.2) is 21.9 Å². The summed E-state index contributed by atoms with van der Waals surface area (Å²) in [4.78, 5) is 15.2. The Morgan fingerprint density at radius 1 is 1.35 bits per heavy atom. The van der Waals surface area contributed by atoms with Crippen LogP contribution in [0.15, 0.2) is 29.3 Å². The molecule has 0 bridgehead atoms. The molecule has 20 heavy (non-hydrogen) atoms. The molecule has 0 saturated carbocycles. The van der Waals surface area contributed by atoms with Crippen molar-refractivity contribution < 1.29 is 9.90 Å². The van der Waals surface area contributed by atoms with Crippen molar-refractivity contribution in [2.75, 3.05) is 0 Å². The van der Waals surface area contributed by atoms with Gasteiger partial charge in [-0.3, -0.25) is 4.99 Å². The summed E-state index contributed by atoms with van der Waals surface area (Å²) in [7, 11) is 1.99. The molecule has 0 aliphatic heterocycles. The van der Waals surface area contributed by atoms with E-state index in [0.717, 1.165) is 17.0 Å². The van der Waals surface area contributed by atoms with Crippen LogP contribution in [0, 0.1) is 13.8 Å². The number of benzene rings is 1. The maximum Gasteiger partial charge on any atom is 0.335 e. The summed E-state index contributed by atoms with van der Waals surface area (Å²) in [6, 6.07) is 6.49. The highest BCUT2D eigenvalue weighted by molar-refractivity contribution is 6.33. The number of carbonyl (C=O) groups is 1. The Morgan fingerprint density at radius 2 is 2.05 bits per heavy atom. The van der Waals surface area contributed by atoms with E-state index in [0.29, 0.717) is 10.7 Å². The molecule has 0 atom stereocenters. The fourth-order valence-corrected chi connectivity index (χ4v) is 2.07. The van der Waals surface area contributed by atoms with Crippen LogP contribution < -0.4 is 0 Å². The number of aromatic nitrogens is 1. The molecule has 0 amide bonds. The van der Waals surface area contributed by atoms with Gasteiger partial charge in [-0.1, -0.05) is 11.6 Å². The second-order valence-electron chi connectivity index (χ2n) is 4.62. The van der Waals surface area contributed by atoms with Crippen LogP contribution in [0.2, 0.25) is 5.02 Å². The lowest BCUT2D eigenvalue weighted by atomic mass is 10.2. The Bertz CT molecular complexity index is 702. The Balaban J connectivity index is 2.38. The molecular formula is C15H15ClN2O2. The highest BCUT2D eigenvalue weighted by Crippen LogP contribution is 2.26. The van der Waals surface area contributed by atoms with E-state index in [4.69, 9.17) is 16.7 Å². The van der Waals surface area contributed by atoms with Gasteiger partial charge in [0.1, 0.15) is 0 Å². The largest absolute Gasteiger partial charge is 0.478 e. The summed E-state index contributed by atoms with van der Waals surface area (Å²) in [5.41, 5.74) is 3.84. The third kappa shape index (κ3) is 2.75. The van der Waals surface area contributed by atoms with E-state index in [-0.39, 0.29) is 5.56 Å². The number of carboxylic acids is 1. The van der Waals surface area contributed by atoms with Crippen LogP contribution in [0.4, 0.5) is 5.69 Å². The van der Waals surface area contributed by atoms with Crippen LogP contribution >= 0.6 is 11.6 Å². The van der Waals surface area contributed by atoms with Crippen LogP contribution in [0.25, 0.3) is 0 Å². The standard InChI is InChI=1S/C15H15ClN2O2/c1-9-6-12(10(2)18(9)3)8-17-14-7-11(15(19)20)4-5-13(14)16/h4-8H,1-3H3,(H,19,20). The Labute approximate surface area is 122 Å². The zero-order valence-electron chi connectivity index (χ0n) is 11.5. The minimum Gasteiger partial charge on any atom is -0.478 e. The van der Waals surface area contributed by atoms with Crippen molar-refractivity contribution >= 4 is 29.5 Å². The number of halogens is 1. The van der Waals surface area contributed by atoms with Crippen molar-refractivity contribution in [3.8, 4) is 0 Å². The van der Waals surface area contributed by atoms with Crippen molar-refractivity contribution in [1.29, 1.82) is 0 Å². The predicted molar refractivity (Wildman–Crippen MR) is 80.6 cm³/mol. The molecule has 0 spiro atoms. The fraction of sp³-hybridized carbons (Fsp3) is 0.200. The van der Waals surface area contributed by atoms with Gasteiger partial charge in [0.2, 0.25) is 0 Å². The first-order valence-electron chi connectivity index (χ1n) is 6.10. The van der Waals surface area contributed by atoms with Crippen molar-refractivity contribution in [2.24, 2.45) is 12.0 Å². The molecule has 0 radical (unpaired) electrons. The summed E-state index contributed by atoms with van der Waals surface area (Å²) in [5.74, 6) is -0.996. The molecule has 104 valence electrons. The van der Waals surface area contributed by atoms with Crippen LogP contribution in [0.5, 0.6) is 0 Å². The second-order valence-corrected chi connectivity index (χ2v) is 5.02. The summed E-state index contributed by atoms with van der Waals surface area (Å²) >= 11 is 6.03. The van der Waals surface area contributed by atoms with E-state index in [1.807, 2.05) is 27.0 Å². The fourth-order valence-electron chi connectivity index (χ4n) is 1.90. The summed E-state index contributed by atoms with van der Waals surface area (Å²) in [6.45, 7) is 4.02. The molecule has 0 aliphatic carbocycles. The molecule has 5 heteroatoms.